The fraction of sp³-hybridized carbons (Fsp3) is 0.500. The molecule has 0 aliphatic carbocycles. The molecule has 0 spiro atoms. The van der Waals surface area contributed by atoms with Gasteiger partial charge in [-0.1, -0.05) is 11.6 Å². The lowest BCUT2D eigenvalue weighted by molar-refractivity contribution is 0.0615. The second-order valence-corrected chi connectivity index (χ2v) is 5.41. The van der Waals surface area contributed by atoms with Gasteiger partial charge >= 0.3 is 0 Å². The van der Waals surface area contributed by atoms with E-state index in [0.717, 1.165) is 12.8 Å². The lowest BCUT2D eigenvalue weighted by Gasteiger charge is -2.36. The quantitative estimate of drug-likeness (QED) is 0.905. The Kier molecular flexibility index (Phi) is 4.32. The molecule has 1 aliphatic rings. The number of benzene rings is 1. The number of likely N-dealkylation sites (tertiary alicyclic amines) is 1. The van der Waals surface area contributed by atoms with Crippen molar-refractivity contribution in [2.24, 2.45) is 5.73 Å². The van der Waals surface area contributed by atoms with E-state index in [2.05, 4.69) is 0 Å². The number of carbonyl (C=O) groups excluding carboxylic acids is 1. The Balaban J connectivity index is 2.26. The molecule has 1 saturated heterocycles. The molecule has 1 heterocycles. The average Bonchev–Trinajstić information content (AvgIpc) is 2.38. The Morgan fingerprint density at radius 1 is 1.53 bits per heavy atom. The van der Waals surface area contributed by atoms with Crippen LogP contribution in [0.25, 0.3) is 0 Å². The highest BCUT2D eigenvalue weighted by Crippen LogP contribution is 2.26. The first-order valence-corrected chi connectivity index (χ1v) is 6.80. The van der Waals surface area contributed by atoms with Crippen LogP contribution < -0.4 is 10.5 Å². The van der Waals surface area contributed by atoms with Gasteiger partial charge in [0.2, 0.25) is 0 Å². The van der Waals surface area contributed by atoms with Gasteiger partial charge in [-0.2, -0.15) is 0 Å². The minimum absolute atomic E-state index is 0.0428. The Morgan fingerprint density at radius 2 is 2.26 bits per heavy atom. The SMILES string of the molecule is COc1ccc(Cl)cc1C(=O)N1CCC(N)CC1C. The van der Waals surface area contributed by atoms with Gasteiger partial charge in [-0.25, -0.2) is 0 Å². The summed E-state index contributed by atoms with van der Waals surface area (Å²) in [6.07, 6.45) is 1.66. The van der Waals surface area contributed by atoms with Crippen LogP contribution in [0, 0.1) is 0 Å². The Bertz CT molecular complexity index is 479. The van der Waals surface area contributed by atoms with E-state index in [1.54, 1.807) is 25.3 Å². The summed E-state index contributed by atoms with van der Waals surface area (Å²) in [5.41, 5.74) is 6.43. The zero-order chi connectivity index (χ0) is 14.0. The van der Waals surface area contributed by atoms with Crippen molar-refractivity contribution < 1.29 is 9.53 Å². The third kappa shape index (κ3) is 3.01. The first kappa shape index (κ1) is 14.2. The monoisotopic (exact) mass is 282 g/mol. The summed E-state index contributed by atoms with van der Waals surface area (Å²) < 4.78 is 5.24. The zero-order valence-corrected chi connectivity index (χ0v) is 12.0. The van der Waals surface area contributed by atoms with E-state index in [0.29, 0.717) is 22.9 Å². The van der Waals surface area contributed by atoms with Crippen molar-refractivity contribution in [2.45, 2.75) is 31.8 Å². The number of hydrogen-bond donors (Lipinski definition) is 1. The highest BCUT2D eigenvalue weighted by molar-refractivity contribution is 6.31. The van der Waals surface area contributed by atoms with E-state index in [-0.39, 0.29) is 18.0 Å². The minimum Gasteiger partial charge on any atom is -0.496 e. The summed E-state index contributed by atoms with van der Waals surface area (Å²) in [4.78, 5) is 14.4. The van der Waals surface area contributed by atoms with Gasteiger partial charge in [-0.05, 0) is 38.0 Å². The van der Waals surface area contributed by atoms with E-state index in [1.807, 2.05) is 11.8 Å². The molecule has 2 atom stereocenters. The van der Waals surface area contributed by atoms with E-state index >= 15 is 0 Å². The topological polar surface area (TPSA) is 55.6 Å². The molecule has 2 N–H and O–H groups in total. The number of rotatable bonds is 2. The smallest absolute Gasteiger partial charge is 0.257 e. The molecule has 2 rings (SSSR count). The number of methoxy groups -OCH3 is 1. The fourth-order valence-electron chi connectivity index (χ4n) is 2.51. The normalized spacial score (nSPS) is 23.3. The summed E-state index contributed by atoms with van der Waals surface area (Å²) in [7, 11) is 1.55. The van der Waals surface area contributed by atoms with E-state index in [4.69, 9.17) is 22.1 Å². The molecule has 1 aromatic rings. The number of hydrogen-bond acceptors (Lipinski definition) is 3. The highest BCUT2D eigenvalue weighted by atomic mass is 35.5. The first-order valence-electron chi connectivity index (χ1n) is 6.43. The second kappa shape index (κ2) is 5.80. The molecule has 0 aromatic heterocycles. The minimum atomic E-state index is -0.0428. The van der Waals surface area contributed by atoms with Crippen LogP contribution in [0.1, 0.15) is 30.1 Å². The van der Waals surface area contributed by atoms with Gasteiger partial charge in [-0.3, -0.25) is 4.79 Å². The van der Waals surface area contributed by atoms with Gasteiger partial charge < -0.3 is 15.4 Å². The fourth-order valence-corrected chi connectivity index (χ4v) is 2.68. The lowest BCUT2D eigenvalue weighted by atomic mass is 9.98. The average molecular weight is 283 g/mol. The number of halogens is 1. The standard InChI is InChI=1S/C14H19ClN2O2/c1-9-7-11(16)5-6-17(9)14(18)12-8-10(15)3-4-13(12)19-2/h3-4,8-9,11H,5-7,16H2,1-2H3. The van der Waals surface area contributed by atoms with Crippen LogP contribution in [-0.2, 0) is 0 Å². The maximum atomic E-state index is 12.6. The summed E-state index contributed by atoms with van der Waals surface area (Å²) >= 11 is 5.97. The summed E-state index contributed by atoms with van der Waals surface area (Å²) in [5.74, 6) is 0.509. The second-order valence-electron chi connectivity index (χ2n) is 4.98. The molecule has 0 saturated carbocycles. The van der Waals surface area contributed by atoms with Crippen LogP contribution in [-0.4, -0.2) is 36.5 Å². The van der Waals surface area contributed by atoms with Crippen LogP contribution in [0.5, 0.6) is 5.75 Å². The van der Waals surface area contributed by atoms with Gasteiger partial charge in [0.1, 0.15) is 5.75 Å². The molecule has 19 heavy (non-hydrogen) atoms. The number of piperidine rings is 1. The molecule has 1 aromatic carbocycles. The van der Waals surface area contributed by atoms with Gasteiger partial charge in [0.15, 0.2) is 0 Å². The molecule has 0 bridgehead atoms. The van der Waals surface area contributed by atoms with Crippen molar-refractivity contribution in [3.63, 3.8) is 0 Å². The molecular formula is C14H19ClN2O2. The number of ether oxygens (including phenoxy) is 1. The third-order valence-electron chi connectivity index (χ3n) is 3.57. The molecule has 5 heteroatoms. The number of nitrogens with zero attached hydrogens (tertiary/aromatic N) is 1. The Hall–Kier alpha value is -1.26. The summed E-state index contributed by atoms with van der Waals surface area (Å²) in [5, 5.41) is 0.533. The van der Waals surface area contributed by atoms with Gasteiger partial charge in [0.05, 0.1) is 12.7 Å². The number of carbonyl (C=O) groups is 1. The van der Waals surface area contributed by atoms with Gasteiger partial charge in [-0.15, -0.1) is 0 Å². The number of amides is 1. The first-order chi connectivity index (χ1) is 9.02. The van der Waals surface area contributed by atoms with Crippen molar-refractivity contribution in [1.29, 1.82) is 0 Å². The van der Waals surface area contributed by atoms with Crippen LogP contribution >= 0.6 is 11.6 Å². The molecule has 104 valence electrons. The van der Waals surface area contributed by atoms with Gasteiger partial charge in [0, 0.05) is 23.7 Å². The van der Waals surface area contributed by atoms with Crippen molar-refractivity contribution in [1.82, 2.24) is 4.90 Å². The maximum absolute atomic E-state index is 12.6. The van der Waals surface area contributed by atoms with Crippen molar-refractivity contribution in [3.05, 3.63) is 28.8 Å². The largest absolute Gasteiger partial charge is 0.496 e. The molecule has 0 radical (unpaired) electrons. The van der Waals surface area contributed by atoms with E-state index in [1.165, 1.54) is 0 Å². The van der Waals surface area contributed by atoms with Crippen LogP contribution in [0.2, 0.25) is 5.02 Å². The summed E-state index contributed by atoms with van der Waals surface area (Å²) in [6, 6.07) is 5.41. The third-order valence-corrected chi connectivity index (χ3v) is 3.80. The number of nitrogens with two attached hydrogens (primary N) is 1. The maximum Gasteiger partial charge on any atom is 0.257 e. The predicted molar refractivity (Wildman–Crippen MR) is 75.7 cm³/mol. The van der Waals surface area contributed by atoms with E-state index < -0.39 is 0 Å². The van der Waals surface area contributed by atoms with Crippen LogP contribution in [0.4, 0.5) is 0 Å². The van der Waals surface area contributed by atoms with Gasteiger partial charge in [0.25, 0.3) is 5.91 Å². The van der Waals surface area contributed by atoms with E-state index in [9.17, 15) is 4.79 Å². The van der Waals surface area contributed by atoms with Crippen molar-refractivity contribution >= 4 is 17.5 Å². The predicted octanol–water partition coefficient (Wildman–Crippen LogP) is 2.30. The Labute approximate surface area is 118 Å². The highest BCUT2D eigenvalue weighted by Gasteiger charge is 2.29. The molecule has 1 aliphatic heterocycles. The van der Waals surface area contributed by atoms with Crippen LogP contribution in [0.3, 0.4) is 0 Å². The molecule has 4 nitrogen and oxygen atoms in total. The Morgan fingerprint density at radius 3 is 2.89 bits per heavy atom. The van der Waals surface area contributed by atoms with Crippen LogP contribution in [0.15, 0.2) is 18.2 Å². The van der Waals surface area contributed by atoms with Crippen molar-refractivity contribution in [2.75, 3.05) is 13.7 Å². The molecule has 1 amide bonds. The van der Waals surface area contributed by atoms with Crippen molar-refractivity contribution in [3.8, 4) is 5.75 Å². The molecule has 1 fully saturated rings. The lowest BCUT2D eigenvalue weighted by Crippen LogP contribution is -2.48. The molecule has 2 unspecified atom stereocenters. The molecular weight excluding hydrogens is 264 g/mol. The zero-order valence-electron chi connectivity index (χ0n) is 11.2. The summed E-state index contributed by atoms with van der Waals surface area (Å²) in [6.45, 7) is 2.70.